The highest BCUT2D eigenvalue weighted by molar-refractivity contribution is 5.91. The van der Waals surface area contributed by atoms with Crippen molar-refractivity contribution in [3.8, 4) is 11.3 Å². The lowest BCUT2D eigenvalue weighted by Gasteiger charge is -2.32. The number of nitrogens with zero attached hydrogens (tertiary/aromatic N) is 3. The van der Waals surface area contributed by atoms with E-state index in [0.717, 1.165) is 60.6 Å². The molecule has 0 bridgehead atoms. The molecule has 1 fully saturated rings. The Morgan fingerprint density at radius 3 is 2.61 bits per heavy atom. The number of likely N-dealkylation sites (tertiary alicyclic amines) is 1. The lowest BCUT2D eigenvalue weighted by Crippen LogP contribution is -2.42. The lowest BCUT2D eigenvalue weighted by atomic mass is 10.0. The van der Waals surface area contributed by atoms with Gasteiger partial charge in [0.05, 0.1) is 18.9 Å². The molecule has 1 aliphatic rings. The summed E-state index contributed by atoms with van der Waals surface area (Å²) in [6.07, 6.45) is 4.21. The Morgan fingerprint density at radius 1 is 1.11 bits per heavy atom. The molecule has 8 nitrogen and oxygen atoms in total. The highest BCUT2D eigenvalue weighted by Gasteiger charge is 2.19. The van der Waals surface area contributed by atoms with Gasteiger partial charge in [-0.2, -0.15) is 0 Å². The van der Waals surface area contributed by atoms with Gasteiger partial charge in [0.2, 0.25) is 0 Å². The number of anilines is 1. The molecule has 1 saturated heterocycles. The summed E-state index contributed by atoms with van der Waals surface area (Å²) in [6, 6.07) is 21.9. The zero-order valence-electron chi connectivity index (χ0n) is 22.1. The summed E-state index contributed by atoms with van der Waals surface area (Å²) in [5.41, 5.74) is 5.50. The summed E-state index contributed by atoms with van der Waals surface area (Å²) < 4.78 is 4.71. The average molecular weight is 513 g/mol. The number of nitrogens with one attached hydrogen (secondary N) is 3. The first kappa shape index (κ1) is 25.9. The molecule has 3 heterocycles. The molecule has 1 atom stereocenters. The van der Waals surface area contributed by atoms with Gasteiger partial charge in [-0.3, -0.25) is 9.69 Å². The molecule has 8 heteroatoms. The minimum atomic E-state index is -0.159. The lowest BCUT2D eigenvalue weighted by molar-refractivity contribution is -0.140. The molecule has 0 saturated carbocycles. The maximum atomic E-state index is 11.3. The van der Waals surface area contributed by atoms with Gasteiger partial charge in [-0.25, -0.2) is 9.97 Å². The van der Waals surface area contributed by atoms with Crippen LogP contribution in [0.25, 0.3) is 22.3 Å². The van der Waals surface area contributed by atoms with Crippen molar-refractivity contribution in [2.45, 2.75) is 44.8 Å². The van der Waals surface area contributed by atoms with Gasteiger partial charge in [0.25, 0.3) is 0 Å². The number of H-pyrrole nitrogens is 1. The summed E-state index contributed by atoms with van der Waals surface area (Å²) >= 11 is 0. The highest BCUT2D eigenvalue weighted by atomic mass is 16.5. The molecule has 0 aliphatic carbocycles. The Hall–Kier alpha value is -3.75. The average Bonchev–Trinajstić information content (AvgIpc) is 3.40. The predicted molar refractivity (Wildman–Crippen MR) is 151 cm³/mol. The monoisotopic (exact) mass is 512 g/mol. The normalized spacial score (nSPS) is 15.4. The smallest absolute Gasteiger partial charge is 0.306 e. The number of esters is 1. The van der Waals surface area contributed by atoms with E-state index in [9.17, 15) is 4.79 Å². The first-order valence-electron chi connectivity index (χ1n) is 13.4. The number of fused-ring (bicyclic) bond motifs is 1. The van der Waals surface area contributed by atoms with Gasteiger partial charge in [0.15, 0.2) is 0 Å². The van der Waals surface area contributed by atoms with Crippen LogP contribution in [0.15, 0.2) is 67.0 Å². The van der Waals surface area contributed by atoms with Crippen molar-refractivity contribution < 1.29 is 9.53 Å². The van der Waals surface area contributed by atoms with Gasteiger partial charge in [0, 0.05) is 30.9 Å². The van der Waals surface area contributed by atoms with Crippen molar-refractivity contribution in [1.29, 1.82) is 0 Å². The number of aromatic amines is 1. The SMILES string of the molecule is COC(=O)CCNC1CCN(Cc2ccc(-c3cc4c(N[C@H](C)c5ccccc5)ncnc4[nH]3)cc2)CC1. The van der Waals surface area contributed by atoms with Crippen LogP contribution < -0.4 is 10.6 Å². The summed E-state index contributed by atoms with van der Waals surface area (Å²) in [6.45, 7) is 5.87. The Balaban J connectivity index is 1.18. The van der Waals surface area contributed by atoms with E-state index in [1.54, 1.807) is 6.33 Å². The number of benzene rings is 2. The zero-order chi connectivity index (χ0) is 26.3. The van der Waals surface area contributed by atoms with Gasteiger partial charge >= 0.3 is 5.97 Å². The van der Waals surface area contributed by atoms with Crippen molar-refractivity contribution in [3.05, 3.63) is 78.1 Å². The fourth-order valence-corrected chi connectivity index (χ4v) is 5.06. The maximum absolute atomic E-state index is 11.3. The van der Waals surface area contributed by atoms with E-state index in [2.05, 4.69) is 92.0 Å². The Kier molecular flexibility index (Phi) is 8.31. The number of carbonyl (C=O) groups excluding carboxylic acids is 1. The largest absolute Gasteiger partial charge is 0.469 e. The maximum Gasteiger partial charge on any atom is 0.306 e. The number of ether oxygens (including phenoxy) is 1. The Bertz CT molecular complexity index is 1330. The van der Waals surface area contributed by atoms with Crippen molar-refractivity contribution in [2.75, 3.05) is 32.1 Å². The second-order valence-electron chi connectivity index (χ2n) is 9.97. The molecule has 0 spiro atoms. The topological polar surface area (TPSA) is 95.2 Å². The van der Waals surface area contributed by atoms with Gasteiger partial charge < -0.3 is 20.4 Å². The van der Waals surface area contributed by atoms with Crippen molar-refractivity contribution in [3.63, 3.8) is 0 Å². The fraction of sp³-hybridized carbons (Fsp3) is 0.367. The van der Waals surface area contributed by atoms with Crippen molar-refractivity contribution in [1.82, 2.24) is 25.2 Å². The minimum Gasteiger partial charge on any atom is -0.469 e. The first-order valence-corrected chi connectivity index (χ1v) is 13.4. The summed E-state index contributed by atoms with van der Waals surface area (Å²) in [4.78, 5) is 26.2. The highest BCUT2D eigenvalue weighted by Crippen LogP contribution is 2.29. The van der Waals surface area contributed by atoms with Crippen LogP contribution in [0.3, 0.4) is 0 Å². The van der Waals surface area contributed by atoms with Gasteiger partial charge in [-0.15, -0.1) is 0 Å². The third-order valence-corrected chi connectivity index (χ3v) is 7.33. The van der Waals surface area contributed by atoms with E-state index >= 15 is 0 Å². The molecule has 1 aliphatic heterocycles. The molecule has 5 rings (SSSR count). The number of carbonyl (C=O) groups is 1. The minimum absolute atomic E-state index is 0.132. The zero-order valence-corrected chi connectivity index (χ0v) is 22.1. The molecule has 4 aromatic rings. The van der Waals surface area contributed by atoms with E-state index in [-0.39, 0.29) is 12.0 Å². The van der Waals surface area contributed by atoms with Crippen LogP contribution in [0.2, 0.25) is 0 Å². The molecule has 0 radical (unpaired) electrons. The molecule has 0 amide bonds. The van der Waals surface area contributed by atoms with E-state index in [4.69, 9.17) is 4.74 Å². The predicted octanol–water partition coefficient (Wildman–Crippen LogP) is 4.92. The molecule has 3 N–H and O–H groups in total. The number of methoxy groups -OCH3 is 1. The Morgan fingerprint density at radius 2 is 1.87 bits per heavy atom. The van der Waals surface area contributed by atoms with Crippen molar-refractivity contribution in [2.24, 2.45) is 0 Å². The number of piperidine rings is 1. The van der Waals surface area contributed by atoms with Crippen LogP contribution in [0.1, 0.15) is 43.4 Å². The second-order valence-corrected chi connectivity index (χ2v) is 9.97. The molecular weight excluding hydrogens is 476 g/mol. The van der Waals surface area contributed by atoms with E-state index < -0.39 is 0 Å². The third kappa shape index (κ3) is 6.38. The van der Waals surface area contributed by atoms with E-state index in [0.29, 0.717) is 19.0 Å². The van der Waals surface area contributed by atoms with Gasteiger partial charge in [0.1, 0.15) is 17.8 Å². The molecule has 38 heavy (non-hydrogen) atoms. The van der Waals surface area contributed by atoms with Crippen LogP contribution in [0, 0.1) is 0 Å². The molecule has 2 aromatic heterocycles. The molecule has 198 valence electrons. The van der Waals surface area contributed by atoms with E-state index in [1.807, 2.05) is 6.07 Å². The van der Waals surface area contributed by atoms with Crippen LogP contribution in [0.4, 0.5) is 5.82 Å². The van der Waals surface area contributed by atoms with Crippen LogP contribution in [-0.2, 0) is 16.1 Å². The first-order chi connectivity index (χ1) is 18.6. The summed E-state index contributed by atoms with van der Waals surface area (Å²) in [5, 5.41) is 8.01. The van der Waals surface area contributed by atoms with Gasteiger partial charge in [-0.05, 0) is 55.6 Å². The van der Waals surface area contributed by atoms with Crippen LogP contribution in [-0.4, -0.2) is 58.6 Å². The quantitative estimate of drug-likeness (QED) is 0.260. The molecule has 0 unspecified atom stereocenters. The third-order valence-electron chi connectivity index (χ3n) is 7.33. The van der Waals surface area contributed by atoms with Crippen LogP contribution in [0.5, 0.6) is 0 Å². The van der Waals surface area contributed by atoms with Crippen molar-refractivity contribution >= 4 is 22.8 Å². The van der Waals surface area contributed by atoms with E-state index in [1.165, 1.54) is 18.2 Å². The fourth-order valence-electron chi connectivity index (χ4n) is 5.06. The number of hydrogen-bond acceptors (Lipinski definition) is 7. The molecular formula is C30H36N6O2. The number of hydrogen-bond donors (Lipinski definition) is 3. The standard InChI is InChI=1S/C30H36N6O2/c1-21(23-6-4-3-5-7-23)34-29-26-18-27(35-30(26)33-20-32-29)24-10-8-22(9-11-24)19-36-16-13-25(14-17-36)31-15-12-28(37)38-2/h3-11,18,20-21,25,31H,12-17,19H2,1-2H3,(H2,32,33,34,35)/t21-/m1/s1. The van der Waals surface area contributed by atoms with Gasteiger partial charge in [-0.1, -0.05) is 54.6 Å². The molecule has 2 aromatic carbocycles. The second kappa shape index (κ2) is 12.2. The Labute approximate surface area is 223 Å². The number of aromatic nitrogens is 3. The summed E-state index contributed by atoms with van der Waals surface area (Å²) in [7, 11) is 1.43. The number of rotatable bonds is 10. The summed E-state index contributed by atoms with van der Waals surface area (Å²) in [5.74, 6) is 0.669. The van der Waals surface area contributed by atoms with Crippen LogP contribution >= 0.6 is 0 Å².